The Morgan fingerprint density at radius 3 is 2.46 bits per heavy atom. The molecule has 8 heteroatoms. The molecule has 2 saturated heterocycles. The number of aromatic nitrogens is 4. The van der Waals surface area contributed by atoms with Gasteiger partial charge in [0.1, 0.15) is 11.5 Å². The molecule has 0 unspecified atom stereocenters. The van der Waals surface area contributed by atoms with Gasteiger partial charge in [-0.1, -0.05) is 0 Å². The van der Waals surface area contributed by atoms with Crippen LogP contribution in [0.25, 0.3) is 11.4 Å². The maximum absolute atomic E-state index is 14.6. The molecule has 140 valence electrons. The second-order valence-electron chi connectivity index (χ2n) is 6.83. The lowest BCUT2D eigenvalue weighted by Gasteiger charge is -2.26. The number of nitrogens with zero attached hydrogens (tertiary/aromatic N) is 4. The Hall–Kier alpha value is -2.06. The fourth-order valence-electron chi connectivity index (χ4n) is 3.67. The van der Waals surface area contributed by atoms with E-state index < -0.39 is 5.82 Å². The summed E-state index contributed by atoms with van der Waals surface area (Å²) in [5.41, 5.74) is 0.992. The van der Waals surface area contributed by atoms with E-state index in [1.807, 2.05) is 6.92 Å². The van der Waals surface area contributed by atoms with Gasteiger partial charge in [-0.2, -0.15) is 0 Å². The highest BCUT2D eigenvalue weighted by atomic mass is 19.1. The number of nitrogens with one attached hydrogen (secondary N) is 1. The van der Waals surface area contributed by atoms with Crippen molar-refractivity contribution in [2.24, 2.45) is 0 Å². The number of hydrogen-bond donors (Lipinski definition) is 1. The number of imidazole rings is 1. The number of hydrogen-bond acceptors (Lipinski definition) is 6. The van der Waals surface area contributed by atoms with E-state index in [4.69, 9.17) is 9.47 Å². The number of ether oxygens (including phenoxy) is 2. The van der Waals surface area contributed by atoms with Crippen molar-refractivity contribution >= 4 is 5.95 Å². The van der Waals surface area contributed by atoms with Crippen LogP contribution in [0, 0.1) is 12.7 Å². The molecule has 7 nitrogen and oxygen atoms in total. The van der Waals surface area contributed by atoms with Gasteiger partial charge in [0, 0.05) is 38.5 Å². The Balaban J connectivity index is 1.63. The van der Waals surface area contributed by atoms with Crippen LogP contribution in [-0.2, 0) is 9.47 Å². The molecule has 2 fully saturated rings. The van der Waals surface area contributed by atoms with Crippen LogP contribution in [0.2, 0.25) is 0 Å². The minimum atomic E-state index is -0.435. The van der Waals surface area contributed by atoms with Crippen LogP contribution >= 0.6 is 0 Å². The average molecular weight is 361 g/mol. The first-order valence-corrected chi connectivity index (χ1v) is 9.21. The monoisotopic (exact) mass is 361 g/mol. The molecule has 0 spiro atoms. The Morgan fingerprint density at radius 1 is 1.04 bits per heavy atom. The van der Waals surface area contributed by atoms with Crippen molar-refractivity contribution in [1.82, 2.24) is 19.5 Å². The minimum absolute atomic E-state index is 0.252. The average Bonchev–Trinajstić information content (AvgIpc) is 3.06. The molecule has 0 bridgehead atoms. The van der Waals surface area contributed by atoms with E-state index in [-0.39, 0.29) is 12.1 Å². The van der Waals surface area contributed by atoms with Crippen LogP contribution in [-0.4, -0.2) is 52.0 Å². The molecule has 0 aliphatic carbocycles. The summed E-state index contributed by atoms with van der Waals surface area (Å²) >= 11 is 0. The summed E-state index contributed by atoms with van der Waals surface area (Å²) in [6, 6.07) is 0.506. The Bertz CT molecular complexity index is 754. The third-order valence-corrected chi connectivity index (χ3v) is 5.08. The van der Waals surface area contributed by atoms with E-state index in [2.05, 4.69) is 24.8 Å². The standard InChI is InChI=1S/C18H24FN5O2/c1-12-20-11-16(24(12)14-4-8-26-9-5-14)17-15(19)10-21-18(23-17)22-13-2-6-25-7-3-13/h10-11,13-14H,2-9H2,1H3,(H,21,22,23). The third kappa shape index (κ3) is 3.57. The lowest BCUT2D eigenvalue weighted by molar-refractivity contribution is 0.0694. The van der Waals surface area contributed by atoms with Gasteiger partial charge in [0.25, 0.3) is 0 Å². The van der Waals surface area contributed by atoms with Crippen LogP contribution < -0.4 is 5.32 Å². The van der Waals surface area contributed by atoms with E-state index in [1.54, 1.807) is 6.20 Å². The number of rotatable bonds is 4. The smallest absolute Gasteiger partial charge is 0.223 e. The van der Waals surface area contributed by atoms with Crippen molar-refractivity contribution in [2.45, 2.75) is 44.7 Å². The highest BCUT2D eigenvalue weighted by Crippen LogP contribution is 2.30. The number of halogens is 1. The van der Waals surface area contributed by atoms with Gasteiger partial charge >= 0.3 is 0 Å². The second kappa shape index (κ2) is 7.67. The van der Waals surface area contributed by atoms with E-state index in [0.717, 1.165) is 44.7 Å². The summed E-state index contributed by atoms with van der Waals surface area (Å²) in [6.07, 6.45) is 6.52. The molecular formula is C18H24FN5O2. The van der Waals surface area contributed by atoms with Gasteiger partial charge in [0.2, 0.25) is 5.95 Å². The molecule has 2 aliphatic heterocycles. The molecule has 4 heterocycles. The molecule has 0 radical (unpaired) electrons. The Kier molecular flexibility index (Phi) is 5.12. The van der Waals surface area contributed by atoms with Crippen molar-refractivity contribution in [1.29, 1.82) is 0 Å². The molecule has 2 aliphatic rings. The Morgan fingerprint density at radius 2 is 1.73 bits per heavy atom. The zero-order chi connectivity index (χ0) is 17.9. The molecule has 1 N–H and O–H groups in total. The van der Waals surface area contributed by atoms with Crippen LogP contribution in [0.1, 0.15) is 37.5 Å². The van der Waals surface area contributed by atoms with Gasteiger partial charge in [-0.25, -0.2) is 19.3 Å². The number of anilines is 1. The van der Waals surface area contributed by atoms with Crippen LogP contribution in [0.4, 0.5) is 10.3 Å². The summed E-state index contributed by atoms with van der Waals surface area (Å²) in [6.45, 7) is 4.82. The van der Waals surface area contributed by atoms with Crippen molar-refractivity contribution in [3.05, 3.63) is 24.0 Å². The van der Waals surface area contributed by atoms with Crippen molar-refractivity contribution in [3.8, 4) is 11.4 Å². The zero-order valence-corrected chi connectivity index (χ0v) is 14.9. The normalized spacial score (nSPS) is 19.6. The lowest BCUT2D eigenvalue weighted by atomic mass is 10.1. The maximum Gasteiger partial charge on any atom is 0.223 e. The minimum Gasteiger partial charge on any atom is -0.381 e. The number of aryl methyl sites for hydroxylation is 1. The fraction of sp³-hybridized carbons (Fsp3) is 0.611. The highest BCUT2D eigenvalue weighted by Gasteiger charge is 2.24. The summed E-state index contributed by atoms with van der Waals surface area (Å²) in [7, 11) is 0. The predicted octanol–water partition coefficient (Wildman–Crippen LogP) is 2.73. The molecule has 0 atom stereocenters. The van der Waals surface area contributed by atoms with E-state index in [1.165, 1.54) is 6.20 Å². The van der Waals surface area contributed by atoms with Gasteiger partial charge in [0.05, 0.1) is 18.1 Å². The third-order valence-electron chi connectivity index (χ3n) is 5.08. The molecule has 2 aromatic rings. The van der Waals surface area contributed by atoms with Gasteiger partial charge in [-0.15, -0.1) is 0 Å². The quantitative estimate of drug-likeness (QED) is 0.903. The van der Waals surface area contributed by atoms with E-state index in [9.17, 15) is 4.39 Å². The maximum atomic E-state index is 14.6. The Labute approximate surface area is 152 Å². The van der Waals surface area contributed by atoms with Gasteiger partial charge in [0.15, 0.2) is 5.82 Å². The van der Waals surface area contributed by atoms with Gasteiger partial charge < -0.3 is 19.4 Å². The summed E-state index contributed by atoms with van der Waals surface area (Å²) in [5.74, 6) is 0.880. The molecule has 0 amide bonds. The molecule has 26 heavy (non-hydrogen) atoms. The predicted molar refractivity (Wildman–Crippen MR) is 94.5 cm³/mol. The van der Waals surface area contributed by atoms with Crippen LogP contribution in [0.3, 0.4) is 0 Å². The first-order valence-electron chi connectivity index (χ1n) is 9.21. The first kappa shape index (κ1) is 17.4. The molecule has 0 aromatic carbocycles. The molecule has 2 aromatic heterocycles. The first-order chi connectivity index (χ1) is 12.7. The largest absolute Gasteiger partial charge is 0.381 e. The topological polar surface area (TPSA) is 74.1 Å². The molecule has 0 saturated carbocycles. The molecule has 4 rings (SSSR count). The lowest BCUT2D eigenvalue weighted by Crippen LogP contribution is -2.28. The van der Waals surface area contributed by atoms with Crippen LogP contribution in [0.15, 0.2) is 12.4 Å². The summed E-state index contributed by atoms with van der Waals surface area (Å²) < 4.78 is 27.5. The summed E-state index contributed by atoms with van der Waals surface area (Å²) in [5, 5.41) is 3.31. The zero-order valence-electron chi connectivity index (χ0n) is 14.9. The van der Waals surface area contributed by atoms with Crippen molar-refractivity contribution in [3.63, 3.8) is 0 Å². The summed E-state index contributed by atoms with van der Waals surface area (Å²) in [4.78, 5) is 13.0. The fourth-order valence-corrected chi connectivity index (χ4v) is 3.67. The highest BCUT2D eigenvalue weighted by molar-refractivity contribution is 5.57. The molecular weight excluding hydrogens is 337 g/mol. The second-order valence-corrected chi connectivity index (χ2v) is 6.83. The van der Waals surface area contributed by atoms with Gasteiger partial charge in [-0.3, -0.25) is 0 Å². The van der Waals surface area contributed by atoms with Crippen molar-refractivity contribution < 1.29 is 13.9 Å². The SMILES string of the molecule is Cc1ncc(-c2nc(NC3CCOCC3)ncc2F)n1C1CCOCC1. The van der Waals surface area contributed by atoms with E-state index >= 15 is 0 Å². The van der Waals surface area contributed by atoms with Crippen molar-refractivity contribution in [2.75, 3.05) is 31.7 Å². The van der Waals surface area contributed by atoms with Crippen LogP contribution in [0.5, 0.6) is 0 Å². The van der Waals surface area contributed by atoms with Gasteiger partial charge in [-0.05, 0) is 32.6 Å². The van der Waals surface area contributed by atoms with E-state index in [0.29, 0.717) is 30.5 Å².